The van der Waals surface area contributed by atoms with Crippen molar-refractivity contribution >= 4 is 39.2 Å². The molecule has 1 saturated carbocycles. The Morgan fingerprint density at radius 3 is 2.68 bits per heavy atom. The van der Waals surface area contributed by atoms with Crippen LogP contribution in [-0.2, 0) is 10.3 Å². The number of halogens is 1. The molecule has 1 unspecified atom stereocenters. The number of rotatable bonds is 0. The van der Waals surface area contributed by atoms with Gasteiger partial charge < -0.3 is 15.4 Å². The molecule has 2 aliphatic heterocycles. The van der Waals surface area contributed by atoms with Crippen LogP contribution in [0.1, 0.15) is 44.1 Å². The van der Waals surface area contributed by atoms with E-state index in [1.807, 2.05) is 18.2 Å². The van der Waals surface area contributed by atoms with Crippen molar-refractivity contribution in [1.82, 2.24) is 10.6 Å². The highest BCUT2D eigenvalue weighted by atomic mass is 79.9. The van der Waals surface area contributed by atoms with Gasteiger partial charge in [0.05, 0.1) is 0 Å². The lowest BCUT2D eigenvalue weighted by molar-refractivity contribution is -0.129. The van der Waals surface area contributed by atoms with Crippen LogP contribution in [0, 0.1) is 0 Å². The summed E-state index contributed by atoms with van der Waals surface area (Å²) in [5.74, 6) is 0.730. The number of nitrogens with one attached hydrogen (secondary N) is 2. The van der Waals surface area contributed by atoms with Gasteiger partial charge in [0.2, 0.25) is 0 Å². The van der Waals surface area contributed by atoms with Crippen LogP contribution < -0.4 is 15.4 Å². The summed E-state index contributed by atoms with van der Waals surface area (Å²) in [4.78, 5) is 12.7. The second kappa shape index (κ2) is 4.93. The number of carbonyl (C=O) groups excluding carboxylic acids is 1. The van der Waals surface area contributed by atoms with Gasteiger partial charge in [-0.25, -0.2) is 0 Å². The molecule has 1 amide bonds. The van der Waals surface area contributed by atoms with Crippen LogP contribution in [-0.4, -0.2) is 16.6 Å². The van der Waals surface area contributed by atoms with Crippen molar-refractivity contribution in [1.29, 1.82) is 0 Å². The first-order valence-electron chi connectivity index (χ1n) is 7.66. The minimum atomic E-state index is -0.800. The Labute approximate surface area is 143 Å². The van der Waals surface area contributed by atoms with Gasteiger partial charge in [-0.2, -0.15) is 0 Å². The predicted molar refractivity (Wildman–Crippen MR) is 90.8 cm³/mol. The minimum Gasteiger partial charge on any atom is -0.487 e. The second-order valence-electron chi connectivity index (χ2n) is 6.48. The number of ether oxygens (including phenoxy) is 1. The molecule has 1 aliphatic carbocycles. The fourth-order valence-electron chi connectivity index (χ4n) is 4.05. The molecule has 0 aromatic heterocycles. The topological polar surface area (TPSA) is 50.4 Å². The molecule has 1 saturated heterocycles. The van der Waals surface area contributed by atoms with E-state index in [2.05, 4.69) is 26.6 Å². The zero-order chi connectivity index (χ0) is 15.4. The van der Waals surface area contributed by atoms with E-state index in [0.29, 0.717) is 11.5 Å². The maximum atomic E-state index is 12.7. The summed E-state index contributed by atoms with van der Waals surface area (Å²) < 4.78 is 7.33. The summed E-state index contributed by atoms with van der Waals surface area (Å²) in [5.41, 5.74) is -0.190. The van der Waals surface area contributed by atoms with Crippen LogP contribution in [0.4, 0.5) is 0 Å². The third-order valence-corrected chi connectivity index (χ3v) is 5.72. The number of fused-ring (bicyclic) bond motifs is 2. The molecule has 6 heteroatoms. The Balaban J connectivity index is 1.87. The van der Waals surface area contributed by atoms with Crippen LogP contribution in [0.2, 0.25) is 0 Å². The monoisotopic (exact) mass is 380 g/mol. The Hall–Kier alpha value is -1.14. The van der Waals surface area contributed by atoms with Gasteiger partial charge in [-0.1, -0.05) is 22.4 Å². The Bertz CT molecular complexity index is 672. The second-order valence-corrected chi connectivity index (χ2v) is 7.80. The van der Waals surface area contributed by atoms with Crippen molar-refractivity contribution < 1.29 is 9.53 Å². The van der Waals surface area contributed by atoms with Crippen molar-refractivity contribution in [3.8, 4) is 5.75 Å². The summed E-state index contributed by atoms with van der Waals surface area (Å²) in [6.07, 6.45) is 6.15. The first kappa shape index (κ1) is 14.5. The third-order valence-electron chi connectivity index (χ3n) is 5.02. The largest absolute Gasteiger partial charge is 0.487 e. The van der Waals surface area contributed by atoms with E-state index in [1.165, 1.54) is 6.42 Å². The Morgan fingerprint density at radius 1 is 1.23 bits per heavy atom. The minimum absolute atomic E-state index is 0.0647. The van der Waals surface area contributed by atoms with Gasteiger partial charge in [-0.15, -0.1) is 0 Å². The van der Waals surface area contributed by atoms with Gasteiger partial charge in [-0.3, -0.25) is 4.79 Å². The molecular formula is C16H17BrN2O2S. The van der Waals surface area contributed by atoms with Crippen molar-refractivity contribution in [2.45, 2.75) is 49.7 Å². The zero-order valence-corrected chi connectivity index (χ0v) is 14.5. The van der Waals surface area contributed by atoms with Gasteiger partial charge in [0, 0.05) is 16.5 Å². The van der Waals surface area contributed by atoms with Gasteiger partial charge in [-0.05, 0) is 56.1 Å². The van der Waals surface area contributed by atoms with E-state index in [1.54, 1.807) is 0 Å². The highest BCUT2D eigenvalue weighted by Crippen LogP contribution is 2.50. The van der Waals surface area contributed by atoms with Gasteiger partial charge in [0.15, 0.2) is 10.7 Å². The molecule has 4 nitrogen and oxygen atoms in total. The summed E-state index contributed by atoms with van der Waals surface area (Å²) in [5, 5.41) is 6.42. The maximum absolute atomic E-state index is 12.7. The molecule has 0 radical (unpaired) electrons. The summed E-state index contributed by atoms with van der Waals surface area (Å²) in [6, 6.07) is 5.87. The lowest BCUT2D eigenvalue weighted by Gasteiger charge is -2.47. The number of carbonyl (C=O) groups is 1. The quantitative estimate of drug-likeness (QED) is 0.678. The van der Waals surface area contributed by atoms with Crippen LogP contribution in [0.3, 0.4) is 0 Å². The summed E-state index contributed by atoms with van der Waals surface area (Å²) >= 11 is 8.70. The average Bonchev–Trinajstić information content (AvgIpc) is 2.75. The molecule has 1 aromatic carbocycles. The fraction of sp³-hybridized carbons (Fsp3) is 0.500. The molecule has 2 heterocycles. The molecule has 2 N–H and O–H groups in total. The van der Waals surface area contributed by atoms with Gasteiger partial charge in [0.25, 0.3) is 5.91 Å². The fourth-order valence-corrected chi connectivity index (χ4v) is 4.68. The maximum Gasteiger partial charge on any atom is 0.256 e. The molecule has 3 aliphatic rings. The number of amides is 1. The zero-order valence-electron chi connectivity index (χ0n) is 12.1. The summed E-state index contributed by atoms with van der Waals surface area (Å²) in [6.45, 7) is 0. The van der Waals surface area contributed by atoms with Crippen LogP contribution >= 0.6 is 28.1 Å². The molecule has 22 heavy (non-hydrogen) atoms. The normalized spacial score (nSPS) is 29.0. The smallest absolute Gasteiger partial charge is 0.256 e. The number of hydrogen-bond acceptors (Lipinski definition) is 3. The SMILES string of the molecule is O=C1NC(=S)NC12CC1(CCCCC1)Oc1ccc(Br)cc12. The number of thiocarbonyl (C=S) groups is 1. The average molecular weight is 381 g/mol. The van der Waals surface area contributed by atoms with Crippen LogP contribution in [0.15, 0.2) is 22.7 Å². The Kier molecular flexibility index (Phi) is 3.24. The third kappa shape index (κ3) is 2.07. The van der Waals surface area contributed by atoms with Crippen LogP contribution in [0.5, 0.6) is 5.75 Å². The lowest BCUT2D eigenvalue weighted by Crippen LogP contribution is -2.56. The van der Waals surface area contributed by atoms with E-state index >= 15 is 0 Å². The highest BCUT2D eigenvalue weighted by molar-refractivity contribution is 9.10. The van der Waals surface area contributed by atoms with E-state index in [-0.39, 0.29) is 11.5 Å². The number of hydrogen-bond donors (Lipinski definition) is 2. The Morgan fingerprint density at radius 2 is 2.00 bits per heavy atom. The molecule has 1 atom stereocenters. The lowest BCUT2D eigenvalue weighted by atomic mass is 9.70. The molecular weight excluding hydrogens is 364 g/mol. The van der Waals surface area contributed by atoms with Gasteiger partial charge in [0.1, 0.15) is 11.4 Å². The van der Waals surface area contributed by atoms with Crippen molar-refractivity contribution in [2.75, 3.05) is 0 Å². The molecule has 2 fully saturated rings. The van der Waals surface area contributed by atoms with Gasteiger partial charge >= 0.3 is 0 Å². The van der Waals surface area contributed by atoms with E-state index in [4.69, 9.17) is 17.0 Å². The van der Waals surface area contributed by atoms with Crippen molar-refractivity contribution in [3.63, 3.8) is 0 Å². The molecule has 1 aromatic rings. The number of benzene rings is 1. The predicted octanol–water partition coefficient (Wildman–Crippen LogP) is 3.13. The first-order chi connectivity index (χ1) is 10.5. The van der Waals surface area contributed by atoms with E-state index < -0.39 is 5.54 Å². The van der Waals surface area contributed by atoms with E-state index in [0.717, 1.165) is 41.5 Å². The molecule has 2 spiro atoms. The summed E-state index contributed by atoms with van der Waals surface area (Å²) in [7, 11) is 0. The first-order valence-corrected chi connectivity index (χ1v) is 8.86. The van der Waals surface area contributed by atoms with Crippen LogP contribution in [0.25, 0.3) is 0 Å². The van der Waals surface area contributed by atoms with E-state index in [9.17, 15) is 4.79 Å². The molecule has 0 bridgehead atoms. The molecule has 4 rings (SSSR count). The standard InChI is InChI=1S/C16H17BrN2O2S/c17-10-4-5-12-11(8-10)16(13(20)18-14(22)19-16)9-15(21-12)6-2-1-3-7-15/h4-5,8H,1-3,6-7,9H2,(H2,18,19,20,22). The molecule has 116 valence electrons. The highest BCUT2D eigenvalue weighted by Gasteiger charge is 2.57. The van der Waals surface area contributed by atoms with Crippen molar-refractivity contribution in [3.05, 3.63) is 28.2 Å². The van der Waals surface area contributed by atoms with Crippen molar-refractivity contribution in [2.24, 2.45) is 0 Å².